The van der Waals surface area contributed by atoms with Crippen LogP contribution >= 0.6 is 11.6 Å². The van der Waals surface area contributed by atoms with Crippen molar-refractivity contribution in [1.82, 2.24) is 4.31 Å². The van der Waals surface area contributed by atoms with Gasteiger partial charge in [-0.25, -0.2) is 8.42 Å². The third-order valence-corrected chi connectivity index (χ3v) is 5.86. The minimum absolute atomic E-state index is 0.0333. The summed E-state index contributed by atoms with van der Waals surface area (Å²) in [4.78, 5) is 0.0333. The van der Waals surface area contributed by atoms with Gasteiger partial charge in [-0.3, -0.25) is 0 Å². The quantitative estimate of drug-likeness (QED) is 0.851. The Kier molecular flexibility index (Phi) is 4.08. The van der Waals surface area contributed by atoms with Gasteiger partial charge >= 0.3 is 0 Å². The zero-order valence-corrected chi connectivity index (χ0v) is 12.7. The first-order valence-corrected chi connectivity index (χ1v) is 8.21. The van der Waals surface area contributed by atoms with E-state index in [0.29, 0.717) is 12.5 Å². The Balaban J connectivity index is 2.43. The van der Waals surface area contributed by atoms with Crippen LogP contribution < -0.4 is 5.73 Å². The standard InChI is InChI=1S/C13H19ClN2O2S/c1-9(2)16(8-10-6-7-10)19(17,18)13-11(14)4-3-5-12(13)15/h3-5,9-10H,6-8,15H2,1-2H3. The van der Waals surface area contributed by atoms with Crippen LogP contribution in [0.1, 0.15) is 26.7 Å². The van der Waals surface area contributed by atoms with Crippen LogP contribution in [0.15, 0.2) is 23.1 Å². The molecule has 0 bridgehead atoms. The van der Waals surface area contributed by atoms with Crippen molar-refractivity contribution in [2.45, 2.75) is 37.6 Å². The second kappa shape index (κ2) is 5.31. The van der Waals surface area contributed by atoms with E-state index in [1.54, 1.807) is 18.2 Å². The number of halogens is 1. The topological polar surface area (TPSA) is 63.4 Å². The molecule has 1 fully saturated rings. The van der Waals surface area contributed by atoms with E-state index in [1.807, 2.05) is 13.8 Å². The summed E-state index contributed by atoms with van der Waals surface area (Å²) in [6.45, 7) is 4.28. The second-order valence-electron chi connectivity index (χ2n) is 5.27. The lowest BCUT2D eigenvalue weighted by Gasteiger charge is -2.26. The van der Waals surface area contributed by atoms with Crippen molar-refractivity contribution in [2.24, 2.45) is 5.92 Å². The first-order chi connectivity index (χ1) is 8.84. The Morgan fingerprint density at radius 2 is 2.05 bits per heavy atom. The van der Waals surface area contributed by atoms with Crippen LogP contribution in [0.2, 0.25) is 5.02 Å². The van der Waals surface area contributed by atoms with Crippen LogP contribution in [0.3, 0.4) is 0 Å². The highest BCUT2D eigenvalue weighted by Gasteiger charge is 2.35. The van der Waals surface area contributed by atoms with Crippen molar-refractivity contribution >= 4 is 27.3 Å². The third kappa shape index (κ3) is 3.04. The fourth-order valence-electron chi connectivity index (χ4n) is 2.06. The van der Waals surface area contributed by atoms with Crippen molar-refractivity contribution in [2.75, 3.05) is 12.3 Å². The van der Waals surface area contributed by atoms with Crippen LogP contribution in [-0.2, 0) is 10.0 Å². The third-order valence-electron chi connectivity index (χ3n) is 3.28. The molecule has 6 heteroatoms. The van der Waals surface area contributed by atoms with Gasteiger partial charge in [0.15, 0.2) is 0 Å². The molecular formula is C13H19ClN2O2S. The van der Waals surface area contributed by atoms with Gasteiger partial charge in [-0.05, 0) is 44.7 Å². The molecule has 2 N–H and O–H groups in total. The molecular weight excluding hydrogens is 284 g/mol. The Morgan fingerprint density at radius 1 is 1.42 bits per heavy atom. The van der Waals surface area contributed by atoms with E-state index in [4.69, 9.17) is 17.3 Å². The van der Waals surface area contributed by atoms with E-state index in [1.165, 1.54) is 4.31 Å². The maximum Gasteiger partial charge on any atom is 0.246 e. The molecule has 1 aromatic carbocycles. The van der Waals surface area contributed by atoms with E-state index in [0.717, 1.165) is 12.8 Å². The highest BCUT2D eigenvalue weighted by atomic mass is 35.5. The van der Waals surface area contributed by atoms with Gasteiger partial charge in [0.25, 0.3) is 0 Å². The number of benzene rings is 1. The normalized spacial score (nSPS) is 16.3. The first kappa shape index (κ1) is 14.6. The van der Waals surface area contributed by atoms with E-state index in [2.05, 4.69) is 0 Å². The van der Waals surface area contributed by atoms with Gasteiger partial charge in [-0.2, -0.15) is 4.31 Å². The fraction of sp³-hybridized carbons (Fsp3) is 0.538. The molecule has 0 atom stereocenters. The molecule has 0 heterocycles. The van der Waals surface area contributed by atoms with Gasteiger partial charge in [0, 0.05) is 12.6 Å². The maximum atomic E-state index is 12.7. The first-order valence-electron chi connectivity index (χ1n) is 6.40. The van der Waals surface area contributed by atoms with Crippen molar-refractivity contribution < 1.29 is 8.42 Å². The lowest BCUT2D eigenvalue weighted by molar-refractivity contribution is 0.342. The zero-order chi connectivity index (χ0) is 14.2. The summed E-state index contributed by atoms with van der Waals surface area (Å²) in [5, 5.41) is 0.182. The highest BCUT2D eigenvalue weighted by molar-refractivity contribution is 7.89. The number of nitrogens with zero attached hydrogens (tertiary/aromatic N) is 1. The summed E-state index contributed by atoms with van der Waals surface area (Å²) in [5.41, 5.74) is 6.00. The summed E-state index contributed by atoms with van der Waals surface area (Å²) in [7, 11) is -3.64. The van der Waals surface area contributed by atoms with E-state index < -0.39 is 10.0 Å². The molecule has 1 saturated carbocycles. The van der Waals surface area contributed by atoms with E-state index in [-0.39, 0.29) is 21.6 Å². The lowest BCUT2D eigenvalue weighted by Crippen LogP contribution is -2.38. The van der Waals surface area contributed by atoms with Gasteiger partial charge in [0.1, 0.15) is 4.90 Å². The molecule has 0 amide bonds. The van der Waals surface area contributed by atoms with Gasteiger partial charge in [0.2, 0.25) is 10.0 Å². The Bertz CT molecular complexity index is 548. The average Bonchev–Trinajstić information content (AvgIpc) is 3.08. The van der Waals surface area contributed by atoms with E-state index in [9.17, 15) is 8.42 Å². The number of anilines is 1. The maximum absolute atomic E-state index is 12.7. The molecule has 1 aliphatic rings. The molecule has 0 unspecified atom stereocenters. The van der Waals surface area contributed by atoms with Gasteiger partial charge in [0.05, 0.1) is 10.7 Å². The van der Waals surface area contributed by atoms with Crippen LogP contribution in [0.5, 0.6) is 0 Å². The predicted octanol–water partition coefficient (Wildman–Crippen LogP) is 2.73. The van der Waals surface area contributed by atoms with Gasteiger partial charge in [-0.1, -0.05) is 17.7 Å². The molecule has 106 valence electrons. The molecule has 1 aliphatic carbocycles. The highest BCUT2D eigenvalue weighted by Crippen LogP contribution is 2.35. The number of nitrogen functional groups attached to an aromatic ring is 1. The second-order valence-corrected chi connectivity index (χ2v) is 7.50. The van der Waals surface area contributed by atoms with Crippen molar-refractivity contribution in [3.05, 3.63) is 23.2 Å². The molecule has 0 aromatic heterocycles. The molecule has 1 aromatic rings. The van der Waals surface area contributed by atoms with Crippen LogP contribution in [-0.4, -0.2) is 25.3 Å². The minimum Gasteiger partial charge on any atom is -0.398 e. The Morgan fingerprint density at radius 3 is 2.53 bits per heavy atom. The average molecular weight is 303 g/mol. The Hall–Kier alpha value is -0.780. The Labute approximate surface area is 119 Å². The van der Waals surface area contributed by atoms with Crippen molar-refractivity contribution in [3.63, 3.8) is 0 Å². The predicted molar refractivity (Wildman–Crippen MR) is 77.6 cm³/mol. The zero-order valence-electron chi connectivity index (χ0n) is 11.1. The molecule has 0 radical (unpaired) electrons. The lowest BCUT2D eigenvalue weighted by atomic mass is 10.3. The smallest absolute Gasteiger partial charge is 0.246 e. The van der Waals surface area contributed by atoms with Crippen molar-refractivity contribution in [1.29, 1.82) is 0 Å². The molecule has 2 rings (SSSR count). The molecule has 0 spiro atoms. The summed E-state index contributed by atoms with van der Waals surface area (Å²) >= 11 is 6.03. The number of nitrogens with two attached hydrogens (primary N) is 1. The van der Waals surface area contributed by atoms with Gasteiger partial charge in [-0.15, -0.1) is 0 Å². The summed E-state index contributed by atoms with van der Waals surface area (Å²) in [5.74, 6) is 0.473. The summed E-state index contributed by atoms with van der Waals surface area (Å²) < 4.78 is 27.0. The number of rotatable bonds is 5. The monoisotopic (exact) mass is 302 g/mol. The number of sulfonamides is 1. The summed E-state index contributed by atoms with van der Waals surface area (Å²) in [6, 6.07) is 4.66. The van der Waals surface area contributed by atoms with Crippen LogP contribution in [0.4, 0.5) is 5.69 Å². The summed E-state index contributed by atoms with van der Waals surface area (Å²) in [6.07, 6.45) is 2.19. The van der Waals surface area contributed by atoms with E-state index >= 15 is 0 Å². The van der Waals surface area contributed by atoms with Crippen molar-refractivity contribution in [3.8, 4) is 0 Å². The molecule has 19 heavy (non-hydrogen) atoms. The SMILES string of the molecule is CC(C)N(CC1CC1)S(=O)(=O)c1c(N)cccc1Cl. The number of hydrogen-bond donors (Lipinski definition) is 1. The van der Waals surface area contributed by atoms with Gasteiger partial charge < -0.3 is 5.73 Å². The fourth-order valence-corrected chi connectivity index (χ4v) is 4.41. The molecule has 0 saturated heterocycles. The minimum atomic E-state index is -3.64. The molecule has 4 nitrogen and oxygen atoms in total. The largest absolute Gasteiger partial charge is 0.398 e. The number of hydrogen-bond acceptors (Lipinski definition) is 3. The van der Waals surface area contributed by atoms with Crippen LogP contribution in [0.25, 0.3) is 0 Å². The van der Waals surface area contributed by atoms with Crippen LogP contribution in [0, 0.1) is 5.92 Å². The molecule has 0 aliphatic heterocycles.